The van der Waals surface area contributed by atoms with Gasteiger partial charge >= 0.3 is 0 Å². The molecule has 1 heterocycles. The molecule has 0 saturated carbocycles. The van der Waals surface area contributed by atoms with E-state index >= 15 is 0 Å². The molecule has 5 nitrogen and oxygen atoms in total. The third kappa shape index (κ3) is 4.24. The van der Waals surface area contributed by atoms with Crippen LogP contribution in [0, 0.1) is 6.92 Å². The van der Waals surface area contributed by atoms with Crippen molar-refractivity contribution in [3.63, 3.8) is 0 Å². The molecule has 2 rings (SSSR count). The average molecular weight is 291 g/mol. The fourth-order valence-corrected chi connectivity index (χ4v) is 2.32. The molecule has 0 unspecified atom stereocenters. The lowest BCUT2D eigenvalue weighted by Gasteiger charge is -2.09. The highest BCUT2D eigenvalue weighted by atomic mass is 32.2. The van der Waals surface area contributed by atoms with Gasteiger partial charge in [0.25, 0.3) is 0 Å². The summed E-state index contributed by atoms with van der Waals surface area (Å²) in [6.45, 7) is 2.74. The van der Waals surface area contributed by atoms with Crippen LogP contribution < -0.4 is 10.0 Å². The largest absolute Gasteiger partial charge is 0.366 e. The normalized spacial score (nSPS) is 11.1. The predicted octanol–water partition coefficient (Wildman–Crippen LogP) is 2.37. The van der Waals surface area contributed by atoms with Crippen LogP contribution in [-0.4, -0.2) is 19.7 Å². The van der Waals surface area contributed by atoms with E-state index in [-0.39, 0.29) is 0 Å². The molecule has 1 aromatic carbocycles. The molecule has 0 radical (unpaired) electrons. The van der Waals surface area contributed by atoms with E-state index in [1.165, 1.54) is 17.3 Å². The first-order valence-corrected chi connectivity index (χ1v) is 8.05. The quantitative estimate of drug-likeness (QED) is 0.887. The van der Waals surface area contributed by atoms with Gasteiger partial charge in [0.1, 0.15) is 5.82 Å². The summed E-state index contributed by atoms with van der Waals surface area (Å²) in [5.74, 6) is 0.701. The minimum absolute atomic E-state index is 0.453. The minimum atomic E-state index is -3.26. The Morgan fingerprint density at radius 1 is 1.15 bits per heavy atom. The Morgan fingerprint density at radius 3 is 2.50 bits per heavy atom. The van der Waals surface area contributed by atoms with Gasteiger partial charge in [-0.1, -0.05) is 24.3 Å². The van der Waals surface area contributed by atoms with Crippen molar-refractivity contribution in [1.29, 1.82) is 0 Å². The summed E-state index contributed by atoms with van der Waals surface area (Å²) in [5.41, 5.74) is 2.87. The Balaban J connectivity index is 1.99. The van der Waals surface area contributed by atoms with Crippen molar-refractivity contribution in [3.8, 4) is 0 Å². The van der Waals surface area contributed by atoms with Crippen LogP contribution in [0.3, 0.4) is 0 Å². The van der Waals surface area contributed by atoms with Gasteiger partial charge in [0.2, 0.25) is 10.0 Å². The van der Waals surface area contributed by atoms with Gasteiger partial charge in [-0.25, -0.2) is 13.4 Å². The second-order valence-corrected chi connectivity index (χ2v) is 6.33. The fraction of sp³-hybridized carbons (Fsp3) is 0.214. The molecule has 0 amide bonds. The highest BCUT2D eigenvalue weighted by Gasteiger charge is 2.02. The molecule has 0 fully saturated rings. The number of nitrogens with one attached hydrogen (secondary N) is 2. The van der Waals surface area contributed by atoms with Crippen LogP contribution in [0.25, 0.3) is 0 Å². The van der Waals surface area contributed by atoms with E-state index in [1.54, 1.807) is 12.1 Å². The second kappa shape index (κ2) is 5.92. The van der Waals surface area contributed by atoms with Gasteiger partial charge in [-0.15, -0.1) is 0 Å². The fourth-order valence-electron chi connectivity index (χ4n) is 1.77. The summed E-state index contributed by atoms with van der Waals surface area (Å²) in [4.78, 5) is 4.17. The highest BCUT2D eigenvalue weighted by molar-refractivity contribution is 7.92. The minimum Gasteiger partial charge on any atom is -0.366 e. The maximum atomic E-state index is 11.1. The van der Waals surface area contributed by atoms with Gasteiger partial charge in [0, 0.05) is 6.54 Å². The molecular formula is C14H17N3O2S. The van der Waals surface area contributed by atoms with Crippen molar-refractivity contribution < 1.29 is 8.42 Å². The first kappa shape index (κ1) is 14.3. The summed E-state index contributed by atoms with van der Waals surface area (Å²) >= 11 is 0. The lowest BCUT2D eigenvalue weighted by Crippen LogP contribution is -2.10. The number of aryl methyl sites for hydroxylation is 1. The third-order valence-corrected chi connectivity index (χ3v) is 3.39. The van der Waals surface area contributed by atoms with Crippen molar-refractivity contribution in [2.24, 2.45) is 0 Å². The lowest BCUT2D eigenvalue weighted by molar-refractivity contribution is 0.607. The smallest absolute Gasteiger partial charge is 0.229 e. The van der Waals surface area contributed by atoms with Gasteiger partial charge in [0.15, 0.2) is 0 Å². The second-order valence-electron chi connectivity index (χ2n) is 4.59. The molecule has 106 valence electrons. The van der Waals surface area contributed by atoms with Crippen LogP contribution in [0.4, 0.5) is 11.5 Å². The van der Waals surface area contributed by atoms with E-state index in [0.717, 1.165) is 6.26 Å². The van der Waals surface area contributed by atoms with Crippen LogP contribution >= 0.6 is 0 Å². The summed E-state index contributed by atoms with van der Waals surface area (Å²) in [6, 6.07) is 11.5. The van der Waals surface area contributed by atoms with E-state index in [9.17, 15) is 8.42 Å². The number of benzene rings is 1. The Bertz CT molecular complexity index is 682. The molecule has 6 heteroatoms. The van der Waals surface area contributed by atoms with Gasteiger partial charge in [-0.2, -0.15) is 0 Å². The highest BCUT2D eigenvalue weighted by Crippen LogP contribution is 2.13. The molecule has 0 aliphatic heterocycles. The van der Waals surface area contributed by atoms with Crippen LogP contribution in [0.1, 0.15) is 11.1 Å². The standard InChI is InChI=1S/C14H17N3O2S/c1-11-5-3-4-6-12(11)9-15-14-8-7-13(10-16-14)17-20(2,18)19/h3-8,10,17H,9H2,1-2H3,(H,15,16). The molecule has 2 aromatic rings. The number of hydrogen-bond acceptors (Lipinski definition) is 4. The summed E-state index contributed by atoms with van der Waals surface area (Å²) in [7, 11) is -3.26. The van der Waals surface area contributed by atoms with Gasteiger partial charge in [0.05, 0.1) is 18.1 Å². The molecule has 0 saturated heterocycles. The van der Waals surface area contributed by atoms with E-state index in [1.807, 2.05) is 12.1 Å². The first-order chi connectivity index (χ1) is 9.44. The Hall–Kier alpha value is -2.08. The Labute approximate surface area is 119 Å². The zero-order valence-corrected chi connectivity index (χ0v) is 12.2. The van der Waals surface area contributed by atoms with Gasteiger partial charge in [-0.3, -0.25) is 4.72 Å². The molecule has 0 bridgehead atoms. The Morgan fingerprint density at radius 2 is 1.90 bits per heavy atom. The van der Waals surface area contributed by atoms with E-state index in [4.69, 9.17) is 0 Å². The Kier molecular flexibility index (Phi) is 4.24. The van der Waals surface area contributed by atoms with Gasteiger partial charge < -0.3 is 5.32 Å². The summed E-state index contributed by atoms with van der Waals surface area (Å²) < 4.78 is 24.5. The first-order valence-electron chi connectivity index (χ1n) is 6.16. The molecule has 0 aliphatic carbocycles. The molecule has 0 atom stereocenters. The number of pyridine rings is 1. The average Bonchev–Trinajstić information content (AvgIpc) is 2.38. The predicted molar refractivity (Wildman–Crippen MR) is 81.2 cm³/mol. The number of hydrogen-bond donors (Lipinski definition) is 2. The molecule has 0 aliphatic rings. The van der Waals surface area contributed by atoms with Crippen LogP contribution in [0.2, 0.25) is 0 Å². The van der Waals surface area contributed by atoms with E-state index < -0.39 is 10.0 Å². The molecule has 20 heavy (non-hydrogen) atoms. The molecule has 0 spiro atoms. The number of nitrogens with zero attached hydrogens (tertiary/aromatic N) is 1. The van der Waals surface area contributed by atoms with Crippen molar-refractivity contribution in [2.45, 2.75) is 13.5 Å². The number of sulfonamides is 1. The number of aromatic nitrogens is 1. The summed E-state index contributed by atoms with van der Waals surface area (Å²) in [6.07, 6.45) is 2.60. The number of rotatable bonds is 5. The molecular weight excluding hydrogens is 274 g/mol. The molecule has 2 N–H and O–H groups in total. The third-order valence-electron chi connectivity index (χ3n) is 2.79. The van der Waals surface area contributed by atoms with Crippen LogP contribution in [-0.2, 0) is 16.6 Å². The maximum absolute atomic E-state index is 11.1. The van der Waals surface area contributed by atoms with Crippen molar-refractivity contribution in [2.75, 3.05) is 16.3 Å². The lowest BCUT2D eigenvalue weighted by atomic mass is 10.1. The SMILES string of the molecule is Cc1ccccc1CNc1ccc(NS(C)(=O)=O)cn1. The monoisotopic (exact) mass is 291 g/mol. The molecule has 1 aromatic heterocycles. The number of anilines is 2. The topological polar surface area (TPSA) is 71.1 Å². The maximum Gasteiger partial charge on any atom is 0.229 e. The van der Waals surface area contributed by atoms with Gasteiger partial charge in [-0.05, 0) is 30.2 Å². The van der Waals surface area contributed by atoms with Crippen molar-refractivity contribution in [1.82, 2.24) is 4.98 Å². The van der Waals surface area contributed by atoms with Crippen molar-refractivity contribution in [3.05, 3.63) is 53.7 Å². The van der Waals surface area contributed by atoms with Crippen LogP contribution in [0.5, 0.6) is 0 Å². The summed E-state index contributed by atoms with van der Waals surface area (Å²) in [5, 5.41) is 3.20. The van der Waals surface area contributed by atoms with Crippen LogP contribution in [0.15, 0.2) is 42.6 Å². The van der Waals surface area contributed by atoms with E-state index in [0.29, 0.717) is 18.1 Å². The zero-order valence-electron chi connectivity index (χ0n) is 11.4. The van der Waals surface area contributed by atoms with E-state index in [2.05, 4.69) is 34.1 Å². The van der Waals surface area contributed by atoms with Crippen molar-refractivity contribution >= 4 is 21.5 Å². The zero-order chi connectivity index (χ0) is 14.6.